The molecule has 2 rings (SSSR count). The lowest BCUT2D eigenvalue weighted by Gasteiger charge is -1.98. The van der Waals surface area contributed by atoms with E-state index >= 15 is 0 Å². The predicted octanol–water partition coefficient (Wildman–Crippen LogP) is -1.73. The Morgan fingerprint density at radius 2 is 2.00 bits per heavy atom. The van der Waals surface area contributed by atoms with Crippen molar-refractivity contribution in [2.45, 2.75) is 19.5 Å². The first-order chi connectivity index (χ1) is 5.61. The van der Waals surface area contributed by atoms with Crippen molar-refractivity contribution in [3.05, 3.63) is 31.5 Å². The first-order valence-electron chi connectivity index (χ1n) is 3.57. The van der Waals surface area contributed by atoms with Gasteiger partial charge in [0.1, 0.15) is 0 Å². The zero-order valence-electron chi connectivity index (χ0n) is 6.40. The molecule has 1 aliphatic heterocycles. The fourth-order valence-corrected chi connectivity index (χ4v) is 1.42. The number of nitrogens with zero attached hydrogens (tertiary/aromatic N) is 2. The standard InChI is InChI=1S/C6H7N3O3/c1-3-2-8-4(10)7-5(11)9(3)6(8)12/h3H,2H2,1H3,(H,7,10,11). The second-order valence-electron chi connectivity index (χ2n) is 2.85. The highest BCUT2D eigenvalue weighted by molar-refractivity contribution is 4.84. The summed E-state index contributed by atoms with van der Waals surface area (Å²) >= 11 is 0. The van der Waals surface area contributed by atoms with Crippen LogP contribution in [0.5, 0.6) is 0 Å². The summed E-state index contributed by atoms with van der Waals surface area (Å²) in [6.07, 6.45) is 0. The highest BCUT2D eigenvalue weighted by atomic mass is 16.2. The number of aromatic nitrogens is 3. The maximum Gasteiger partial charge on any atom is 0.336 e. The van der Waals surface area contributed by atoms with Crippen molar-refractivity contribution in [3.8, 4) is 0 Å². The van der Waals surface area contributed by atoms with Crippen molar-refractivity contribution < 1.29 is 0 Å². The predicted molar refractivity (Wildman–Crippen MR) is 40.3 cm³/mol. The number of H-pyrrole nitrogens is 1. The molecule has 0 fully saturated rings. The largest absolute Gasteiger partial charge is 0.336 e. The van der Waals surface area contributed by atoms with E-state index in [1.54, 1.807) is 6.92 Å². The second kappa shape index (κ2) is 1.96. The zero-order chi connectivity index (χ0) is 8.88. The van der Waals surface area contributed by atoms with Gasteiger partial charge in [0.05, 0.1) is 12.6 Å². The molecule has 0 spiro atoms. The van der Waals surface area contributed by atoms with Gasteiger partial charge in [0.15, 0.2) is 0 Å². The van der Waals surface area contributed by atoms with E-state index in [4.69, 9.17) is 0 Å². The molecular formula is C6H7N3O3. The Morgan fingerprint density at radius 3 is 2.67 bits per heavy atom. The molecule has 1 aliphatic rings. The minimum Gasteiger partial charge on any atom is -0.259 e. The Kier molecular flexibility index (Phi) is 1.16. The molecule has 0 aliphatic carbocycles. The van der Waals surface area contributed by atoms with Crippen LogP contribution >= 0.6 is 0 Å². The monoisotopic (exact) mass is 169 g/mol. The molecule has 1 atom stereocenters. The van der Waals surface area contributed by atoms with Gasteiger partial charge in [-0.25, -0.2) is 23.5 Å². The molecule has 64 valence electrons. The van der Waals surface area contributed by atoms with Crippen LogP contribution < -0.4 is 17.1 Å². The Morgan fingerprint density at radius 1 is 1.33 bits per heavy atom. The van der Waals surface area contributed by atoms with Crippen molar-refractivity contribution in [2.24, 2.45) is 0 Å². The van der Waals surface area contributed by atoms with Gasteiger partial charge in [-0.2, -0.15) is 0 Å². The molecule has 0 saturated carbocycles. The summed E-state index contributed by atoms with van der Waals surface area (Å²) in [7, 11) is 0. The van der Waals surface area contributed by atoms with Crippen molar-refractivity contribution in [3.63, 3.8) is 0 Å². The van der Waals surface area contributed by atoms with Gasteiger partial charge < -0.3 is 0 Å². The van der Waals surface area contributed by atoms with Gasteiger partial charge in [0.2, 0.25) is 0 Å². The van der Waals surface area contributed by atoms with E-state index in [-0.39, 0.29) is 12.6 Å². The molecule has 1 unspecified atom stereocenters. The molecule has 0 amide bonds. The van der Waals surface area contributed by atoms with E-state index in [1.165, 1.54) is 0 Å². The lowest BCUT2D eigenvalue weighted by atomic mass is 10.4. The summed E-state index contributed by atoms with van der Waals surface area (Å²) in [5.41, 5.74) is -1.76. The lowest BCUT2D eigenvalue weighted by Crippen LogP contribution is -2.43. The Bertz CT molecular complexity index is 492. The molecular weight excluding hydrogens is 162 g/mol. The number of fused-ring (bicyclic) bond motifs is 2. The molecule has 1 aromatic heterocycles. The summed E-state index contributed by atoms with van der Waals surface area (Å²) in [6, 6.07) is -0.219. The number of hydrogen-bond acceptors (Lipinski definition) is 3. The van der Waals surface area contributed by atoms with Crippen LogP contribution in [0.2, 0.25) is 0 Å². The number of rotatable bonds is 0. The highest BCUT2D eigenvalue weighted by Gasteiger charge is 2.23. The van der Waals surface area contributed by atoms with Crippen LogP contribution in [-0.4, -0.2) is 14.1 Å². The minimum absolute atomic E-state index is 0.219. The second-order valence-corrected chi connectivity index (χ2v) is 2.85. The summed E-state index contributed by atoms with van der Waals surface area (Å²) < 4.78 is 2.06. The Labute approximate surface area is 66.1 Å². The molecule has 0 saturated heterocycles. The van der Waals surface area contributed by atoms with Crippen LogP contribution in [0.3, 0.4) is 0 Å². The van der Waals surface area contributed by atoms with Crippen molar-refractivity contribution in [2.75, 3.05) is 0 Å². The first kappa shape index (κ1) is 7.08. The summed E-state index contributed by atoms with van der Waals surface area (Å²) in [6.45, 7) is 2.01. The third-order valence-corrected chi connectivity index (χ3v) is 2.00. The van der Waals surface area contributed by atoms with Gasteiger partial charge in [-0.05, 0) is 6.92 Å². The maximum absolute atomic E-state index is 11.2. The van der Waals surface area contributed by atoms with E-state index in [2.05, 4.69) is 4.98 Å². The molecule has 1 aromatic rings. The fourth-order valence-electron chi connectivity index (χ4n) is 1.42. The average molecular weight is 169 g/mol. The molecule has 6 nitrogen and oxygen atoms in total. The Balaban J connectivity index is 3.03. The number of hydrogen-bond donors (Lipinski definition) is 1. The SMILES string of the molecule is CC1Cn2c(=O)[nH]c(=O)n1c2=O. The topological polar surface area (TPSA) is 76.9 Å². The Hall–Kier alpha value is -1.59. The number of nitrogens with one attached hydrogen (secondary N) is 1. The van der Waals surface area contributed by atoms with Crippen molar-refractivity contribution in [1.82, 2.24) is 14.1 Å². The third kappa shape index (κ3) is 0.662. The molecule has 6 heteroatoms. The third-order valence-electron chi connectivity index (χ3n) is 2.00. The van der Waals surface area contributed by atoms with E-state index in [0.717, 1.165) is 9.13 Å². The fraction of sp³-hybridized carbons (Fsp3) is 0.500. The molecule has 12 heavy (non-hydrogen) atoms. The molecule has 2 heterocycles. The van der Waals surface area contributed by atoms with Gasteiger partial charge >= 0.3 is 17.1 Å². The van der Waals surface area contributed by atoms with E-state index in [1.807, 2.05) is 0 Å². The van der Waals surface area contributed by atoms with Gasteiger partial charge in [0.25, 0.3) is 0 Å². The van der Waals surface area contributed by atoms with Crippen LogP contribution in [0, 0.1) is 0 Å². The zero-order valence-corrected chi connectivity index (χ0v) is 6.40. The van der Waals surface area contributed by atoms with E-state index in [0.29, 0.717) is 0 Å². The summed E-state index contributed by atoms with van der Waals surface area (Å²) in [4.78, 5) is 35.2. The van der Waals surface area contributed by atoms with Crippen LogP contribution in [0.25, 0.3) is 0 Å². The normalized spacial score (nSPS) is 19.9. The van der Waals surface area contributed by atoms with Crippen LogP contribution in [0.1, 0.15) is 13.0 Å². The van der Waals surface area contributed by atoms with E-state index < -0.39 is 17.1 Å². The quantitative estimate of drug-likeness (QED) is 0.501. The average Bonchev–Trinajstić information content (AvgIpc) is 2.19. The summed E-state index contributed by atoms with van der Waals surface area (Å²) in [5, 5.41) is 0. The van der Waals surface area contributed by atoms with E-state index in [9.17, 15) is 14.4 Å². The molecule has 1 N–H and O–H groups in total. The van der Waals surface area contributed by atoms with Crippen LogP contribution in [0.15, 0.2) is 14.4 Å². The van der Waals surface area contributed by atoms with Gasteiger partial charge in [-0.15, -0.1) is 0 Å². The van der Waals surface area contributed by atoms with Gasteiger partial charge in [-0.1, -0.05) is 0 Å². The van der Waals surface area contributed by atoms with Gasteiger partial charge in [-0.3, -0.25) is 4.98 Å². The van der Waals surface area contributed by atoms with Crippen LogP contribution in [0.4, 0.5) is 0 Å². The van der Waals surface area contributed by atoms with Crippen molar-refractivity contribution in [1.29, 1.82) is 0 Å². The highest BCUT2D eigenvalue weighted by Crippen LogP contribution is 2.03. The van der Waals surface area contributed by atoms with Gasteiger partial charge in [0, 0.05) is 0 Å². The maximum atomic E-state index is 11.2. The summed E-state index contributed by atoms with van der Waals surface area (Å²) in [5.74, 6) is 0. The number of aromatic amines is 1. The smallest absolute Gasteiger partial charge is 0.259 e. The van der Waals surface area contributed by atoms with Crippen molar-refractivity contribution >= 4 is 0 Å². The molecule has 2 bridgehead atoms. The molecule has 0 radical (unpaired) electrons. The minimum atomic E-state index is -0.620. The van der Waals surface area contributed by atoms with Crippen LogP contribution in [-0.2, 0) is 6.54 Å². The molecule has 0 aromatic carbocycles. The lowest BCUT2D eigenvalue weighted by molar-refractivity contribution is 0.533. The first-order valence-corrected chi connectivity index (χ1v) is 3.57.